The maximum absolute atomic E-state index is 5.52. The molecular weight excluding hydrogens is 304 g/mol. The quantitative estimate of drug-likeness (QED) is 0.599. The SMILES string of the molecule is Cn1cc2ccc(Nc3nc(NC4CC4)c4occc4n3)cc2n1. The lowest BCUT2D eigenvalue weighted by Gasteiger charge is -2.08. The number of furan rings is 1. The molecule has 0 radical (unpaired) electrons. The van der Waals surface area contributed by atoms with Crippen LogP contribution in [0.2, 0.25) is 0 Å². The number of rotatable bonds is 4. The van der Waals surface area contributed by atoms with E-state index in [2.05, 4.69) is 25.7 Å². The zero-order valence-corrected chi connectivity index (χ0v) is 13.2. The summed E-state index contributed by atoms with van der Waals surface area (Å²) in [6, 6.07) is 8.37. The van der Waals surface area contributed by atoms with Gasteiger partial charge < -0.3 is 15.1 Å². The molecule has 1 aromatic carbocycles. The molecule has 7 heteroatoms. The molecule has 0 saturated heterocycles. The summed E-state index contributed by atoms with van der Waals surface area (Å²) >= 11 is 0. The molecule has 0 bridgehead atoms. The third kappa shape index (κ3) is 2.34. The van der Waals surface area contributed by atoms with Crippen LogP contribution in [0.1, 0.15) is 12.8 Å². The lowest BCUT2D eigenvalue weighted by molar-refractivity contribution is 0.614. The first-order valence-electron chi connectivity index (χ1n) is 7.97. The van der Waals surface area contributed by atoms with E-state index in [1.165, 1.54) is 12.8 Å². The highest BCUT2D eigenvalue weighted by molar-refractivity contribution is 5.86. The average Bonchev–Trinajstić information content (AvgIpc) is 3.10. The van der Waals surface area contributed by atoms with Gasteiger partial charge in [0.25, 0.3) is 0 Å². The zero-order valence-electron chi connectivity index (χ0n) is 13.2. The van der Waals surface area contributed by atoms with Crippen LogP contribution in [-0.2, 0) is 7.05 Å². The molecule has 1 aliphatic carbocycles. The van der Waals surface area contributed by atoms with Gasteiger partial charge in [0, 0.05) is 36.4 Å². The number of anilines is 3. The van der Waals surface area contributed by atoms with Gasteiger partial charge in [-0.3, -0.25) is 4.68 Å². The summed E-state index contributed by atoms with van der Waals surface area (Å²) in [6.45, 7) is 0. The summed E-state index contributed by atoms with van der Waals surface area (Å²) in [5, 5.41) is 12.2. The van der Waals surface area contributed by atoms with E-state index in [4.69, 9.17) is 4.42 Å². The monoisotopic (exact) mass is 320 g/mol. The Balaban J connectivity index is 1.52. The first-order chi connectivity index (χ1) is 11.7. The Morgan fingerprint density at radius 1 is 1.17 bits per heavy atom. The smallest absolute Gasteiger partial charge is 0.229 e. The van der Waals surface area contributed by atoms with Gasteiger partial charge in [0.1, 0.15) is 5.52 Å². The molecule has 7 nitrogen and oxygen atoms in total. The van der Waals surface area contributed by atoms with Gasteiger partial charge in [0.05, 0.1) is 11.8 Å². The van der Waals surface area contributed by atoms with Crippen molar-refractivity contribution in [3.63, 3.8) is 0 Å². The van der Waals surface area contributed by atoms with Gasteiger partial charge in [-0.15, -0.1) is 0 Å². The molecule has 0 spiro atoms. The van der Waals surface area contributed by atoms with Crippen molar-refractivity contribution in [3.05, 3.63) is 36.7 Å². The Kier molecular flexibility index (Phi) is 2.76. The Hall–Kier alpha value is -3.09. The second-order valence-electron chi connectivity index (χ2n) is 6.15. The number of hydrogen-bond donors (Lipinski definition) is 2. The second-order valence-corrected chi connectivity index (χ2v) is 6.15. The summed E-state index contributed by atoms with van der Waals surface area (Å²) in [5.74, 6) is 1.29. The fourth-order valence-corrected chi connectivity index (χ4v) is 2.78. The van der Waals surface area contributed by atoms with Crippen LogP contribution < -0.4 is 10.6 Å². The molecule has 24 heavy (non-hydrogen) atoms. The normalized spacial score (nSPS) is 14.4. The summed E-state index contributed by atoms with van der Waals surface area (Å²) < 4.78 is 7.32. The van der Waals surface area contributed by atoms with Gasteiger partial charge >= 0.3 is 0 Å². The highest BCUT2D eigenvalue weighted by Crippen LogP contribution is 2.30. The van der Waals surface area contributed by atoms with Crippen LogP contribution in [0.3, 0.4) is 0 Å². The van der Waals surface area contributed by atoms with Gasteiger partial charge in [-0.1, -0.05) is 0 Å². The molecular formula is C17H16N6O. The number of fused-ring (bicyclic) bond motifs is 2. The van der Waals surface area contributed by atoms with Gasteiger partial charge in [0.15, 0.2) is 11.4 Å². The highest BCUT2D eigenvalue weighted by Gasteiger charge is 2.23. The van der Waals surface area contributed by atoms with Crippen LogP contribution in [0.5, 0.6) is 0 Å². The van der Waals surface area contributed by atoms with Crippen molar-refractivity contribution in [2.45, 2.75) is 18.9 Å². The molecule has 0 atom stereocenters. The number of aromatic nitrogens is 4. The van der Waals surface area contributed by atoms with E-state index < -0.39 is 0 Å². The molecule has 0 amide bonds. The topological polar surface area (TPSA) is 80.8 Å². The van der Waals surface area contributed by atoms with Crippen LogP contribution >= 0.6 is 0 Å². The first kappa shape index (κ1) is 13.4. The Labute approximate surface area is 137 Å². The van der Waals surface area contributed by atoms with Crippen LogP contribution in [0.25, 0.3) is 22.0 Å². The molecule has 5 rings (SSSR count). The highest BCUT2D eigenvalue weighted by atomic mass is 16.3. The molecule has 3 heterocycles. The Morgan fingerprint density at radius 3 is 2.96 bits per heavy atom. The Bertz CT molecular complexity index is 1050. The molecule has 0 unspecified atom stereocenters. The van der Waals surface area contributed by atoms with Gasteiger partial charge in [-0.2, -0.15) is 10.1 Å². The molecule has 1 aliphatic rings. The third-order valence-corrected chi connectivity index (χ3v) is 4.10. The first-order valence-corrected chi connectivity index (χ1v) is 7.97. The number of nitrogens with one attached hydrogen (secondary N) is 2. The minimum absolute atomic E-state index is 0.492. The fraction of sp³-hybridized carbons (Fsp3) is 0.235. The summed E-state index contributed by atoms with van der Waals surface area (Å²) in [6.07, 6.45) is 5.97. The number of benzene rings is 1. The molecule has 2 N–H and O–H groups in total. The van der Waals surface area contributed by atoms with Crippen LogP contribution in [-0.4, -0.2) is 25.8 Å². The lowest BCUT2D eigenvalue weighted by Crippen LogP contribution is -2.06. The van der Waals surface area contributed by atoms with Crippen molar-refractivity contribution in [3.8, 4) is 0 Å². The molecule has 3 aromatic heterocycles. The largest absolute Gasteiger partial charge is 0.459 e. The van der Waals surface area contributed by atoms with Crippen LogP contribution in [0, 0.1) is 0 Å². The molecule has 4 aromatic rings. The third-order valence-electron chi connectivity index (χ3n) is 4.10. The van der Waals surface area contributed by atoms with Crippen molar-refractivity contribution in [2.24, 2.45) is 7.05 Å². The van der Waals surface area contributed by atoms with Gasteiger partial charge in [-0.25, -0.2) is 4.98 Å². The summed E-state index contributed by atoms with van der Waals surface area (Å²) in [4.78, 5) is 9.10. The van der Waals surface area contributed by atoms with Gasteiger partial charge in [-0.05, 0) is 31.0 Å². The molecule has 1 fully saturated rings. The van der Waals surface area contributed by atoms with E-state index in [9.17, 15) is 0 Å². The fourth-order valence-electron chi connectivity index (χ4n) is 2.78. The minimum Gasteiger partial charge on any atom is -0.459 e. The van der Waals surface area contributed by atoms with E-state index in [0.717, 1.165) is 27.9 Å². The number of hydrogen-bond acceptors (Lipinski definition) is 6. The summed E-state index contributed by atoms with van der Waals surface area (Å²) in [5.41, 5.74) is 3.33. The van der Waals surface area contributed by atoms with Crippen molar-refractivity contribution < 1.29 is 4.42 Å². The van der Waals surface area contributed by atoms with E-state index in [1.807, 2.05) is 37.5 Å². The van der Waals surface area contributed by atoms with E-state index >= 15 is 0 Å². The standard InChI is InChI=1S/C17H16N6O/c1-23-9-10-2-3-12(8-14(10)22-23)19-17-20-13-6-7-24-15(13)16(21-17)18-11-4-5-11/h2-3,6-9,11H,4-5H2,1H3,(H2,18,19,20,21). The molecule has 0 aliphatic heterocycles. The van der Waals surface area contributed by atoms with Crippen molar-refractivity contribution in [2.75, 3.05) is 10.6 Å². The molecule has 1 saturated carbocycles. The van der Waals surface area contributed by atoms with E-state index in [1.54, 1.807) is 10.9 Å². The van der Waals surface area contributed by atoms with Gasteiger partial charge in [0.2, 0.25) is 5.95 Å². The van der Waals surface area contributed by atoms with Crippen LogP contribution in [0.15, 0.2) is 41.1 Å². The van der Waals surface area contributed by atoms with Crippen molar-refractivity contribution >= 4 is 39.5 Å². The van der Waals surface area contributed by atoms with Crippen LogP contribution in [0.4, 0.5) is 17.5 Å². The van der Waals surface area contributed by atoms with Crippen molar-refractivity contribution in [1.82, 2.24) is 19.7 Å². The number of nitrogens with zero attached hydrogens (tertiary/aromatic N) is 4. The molecule has 120 valence electrons. The van der Waals surface area contributed by atoms with E-state index in [0.29, 0.717) is 17.6 Å². The predicted octanol–water partition coefficient (Wildman–Crippen LogP) is 3.43. The second kappa shape index (κ2) is 4.95. The van der Waals surface area contributed by atoms with Crippen molar-refractivity contribution in [1.29, 1.82) is 0 Å². The average molecular weight is 320 g/mol. The summed E-state index contributed by atoms with van der Waals surface area (Å²) in [7, 11) is 1.92. The minimum atomic E-state index is 0.492. The maximum Gasteiger partial charge on any atom is 0.229 e. The van der Waals surface area contributed by atoms with E-state index in [-0.39, 0.29) is 0 Å². The maximum atomic E-state index is 5.52. The lowest BCUT2D eigenvalue weighted by atomic mass is 10.2. The predicted molar refractivity (Wildman–Crippen MR) is 92.4 cm³/mol. The number of aryl methyl sites for hydroxylation is 1. The zero-order chi connectivity index (χ0) is 16.1. The Morgan fingerprint density at radius 2 is 2.08 bits per heavy atom.